The second-order valence-corrected chi connectivity index (χ2v) is 3.08. The minimum Gasteiger partial charge on any atom is -0.464 e. The molecule has 5 nitrogen and oxygen atoms in total. The fourth-order valence-electron chi connectivity index (χ4n) is 1.09. The number of aliphatic hydroxyl groups is 1. The number of methoxy groups -OCH3 is 1. The third-order valence-corrected chi connectivity index (χ3v) is 2.03. The van der Waals surface area contributed by atoms with Gasteiger partial charge in [0, 0.05) is 18.8 Å². The summed E-state index contributed by atoms with van der Waals surface area (Å²) in [5.41, 5.74) is 0.484. The summed E-state index contributed by atoms with van der Waals surface area (Å²) in [5, 5.41) is 13.3. The van der Waals surface area contributed by atoms with Gasteiger partial charge in [-0.25, -0.2) is 4.79 Å². The van der Waals surface area contributed by atoms with E-state index in [-0.39, 0.29) is 11.6 Å². The summed E-state index contributed by atoms with van der Waals surface area (Å²) in [6, 6.07) is 0. The van der Waals surface area contributed by atoms with Crippen LogP contribution >= 0.6 is 11.6 Å². The Bertz CT molecular complexity index is 337. The topological polar surface area (TPSA) is 64.3 Å². The third kappa shape index (κ3) is 2.05. The van der Waals surface area contributed by atoms with Crippen LogP contribution in [0, 0.1) is 0 Å². The average molecular weight is 219 g/mol. The van der Waals surface area contributed by atoms with Crippen molar-refractivity contribution in [3.63, 3.8) is 0 Å². The molecule has 0 saturated heterocycles. The first-order valence-corrected chi connectivity index (χ1v) is 4.49. The molecule has 0 aromatic carbocycles. The zero-order chi connectivity index (χ0) is 10.7. The standard InChI is InChI=1S/C8H11ClN2O3/c1-11-4-5(6(12)3-9)7(10-11)8(13)14-2/h4,6,12H,3H2,1-2H3. The first-order valence-electron chi connectivity index (χ1n) is 3.96. The van der Waals surface area contributed by atoms with Crippen molar-refractivity contribution in [2.24, 2.45) is 7.05 Å². The van der Waals surface area contributed by atoms with Crippen molar-refractivity contribution in [2.75, 3.05) is 13.0 Å². The summed E-state index contributed by atoms with van der Waals surface area (Å²) in [7, 11) is 2.91. The Labute approximate surface area is 86.2 Å². The lowest BCUT2D eigenvalue weighted by atomic mass is 10.1. The van der Waals surface area contributed by atoms with E-state index >= 15 is 0 Å². The van der Waals surface area contributed by atoms with Crippen LogP contribution in [-0.2, 0) is 11.8 Å². The number of halogens is 1. The minimum atomic E-state index is -0.903. The smallest absolute Gasteiger partial charge is 0.358 e. The van der Waals surface area contributed by atoms with Crippen molar-refractivity contribution < 1.29 is 14.6 Å². The van der Waals surface area contributed by atoms with Crippen molar-refractivity contribution in [3.05, 3.63) is 17.5 Å². The normalized spacial score (nSPS) is 12.6. The lowest BCUT2D eigenvalue weighted by Gasteiger charge is -2.04. The summed E-state index contributed by atoms with van der Waals surface area (Å²) in [5.74, 6) is -0.569. The van der Waals surface area contributed by atoms with Crippen LogP contribution < -0.4 is 0 Å². The van der Waals surface area contributed by atoms with E-state index in [1.54, 1.807) is 13.2 Å². The molecule has 1 N–H and O–H groups in total. The van der Waals surface area contributed by atoms with E-state index in [0.717, 1.165) is 0 Å². The van der Waals surface area contributed by atoms with Crippen LogP contribution in [0.25, 0.3) is 0 Å². The molecular weight excluding hydrogens is 208 g/mol. The maximum absolute atomic E-state index is 11.2. The fraction of sp³-hybridized carbons (Fsp3) is 0.500. The maximum Gasteiger partial charge on any atom is 0.358 e. The largest absolute Gasteiger partial charge is 0.464 e. The Morgan fingerprint density at radius 1 is 1.86 bits per heavy atom. The van der Waals surface area contributed by atoms with Gasteiger partial charge in [-0.3, -0.25) is 4.68 Å². The Morgan fingerprint density at radius 2 is 2.50 bits per heavy atom. The highest BCUT2D eigenvalue weighted by Gasteiger charge is 2.21. The van der Waals surface area contributed by atoms with Gasteiger partial charge in [-0.15, -0.1) is 11.6 Å². The number of rotatable bonds is 3. The van der Waals surface area contributed by atoms with Gasteiger partial charge in [-0.1, -0.05) is 0 Å². The molecule has 0 spiro atoms. The van der Waals surface area contributed by atoms with E-state index < -0.39 is 12.1 Å². The molecule has 0 amide bonds. The first kappa shape index (κ1) is 11.0. The number of aliphatic hydroxyl groups excluding tert-OH is 1. The van der Waals surface area contributed by atoms with E-state index in [4.69, 9.17) is 11.6 Å². The lowest BCUT2D eigenvalue weighted by molar-refractivity contribution is 0.0587. The van der Waals surface area contributed by atoms with Crippen LogP contribution in [0.1, 0.15) is 22.2 Å². The lowest BCUT2D eigenvalue weighted by Crippen LogP contribution is -2.09. The highest BCUT2D eigenvalue weighted by Crippen LogP contribution is 2.18. The van der Waals surface area contributed by atoms with Gasteiger partial charge in [0.05, 0.1) is 19.1 Å². The van der Waals surface area contributed by atoms with E-state index in [0.29, 0.717) is 5.56 Å². The molecule has 1 rings (SSSR count). The van der Waals surface area contributed by atoms with Crippen molar-refractivity contribution in [1.29, 1.82) is 0 Å². The van der Waals surface area contributed by atoms with Crippen molar-refractivity contribution in [1.82, 2.24) is 9.78 Å². The van der Waals surface area contributed by atoms with E-state index in [2.05, 4.69) is 9.84 Å². The third-order valence-electron chi connectivity index (χ3n) is 1.74. The zero-order valence-electron chi connectivity index (χ0n) is 7.90. The number of aromatic nitrogens is 2. The van der Waals surface area contributed by atoms with Crippen molar-refractivity contribution in [3.8, 4) is 0 Å². The zero-order valence-corrected chi connectivity index (χ0v) is 8.65. The van der Waals surface area contributed by atoms with Gasteiger partial charge < -0.3 is 9.84 Å². The number of carbonyl (C=O) groups is 1. The molecule has 0 radical (unpaired) electrons. The Morgan fingerprint density at radius 3 is 3.00 bits per heavy atom. The van der Waals surface area contributed by atoms with Crippen molar-refractivity contribution in [2.45, 2.75) is 6.10 Å². The van der Waals surface area contributed by atoms with Gasteiger partial charge in [0.2, 0.25) is 0 Å². The molecule has 1 aromatic heterocycles. The predicted octanol–water partition coefficient (Wildman–Crippen LogP) is 0.479. The number of hydrogen-bond acceptors (Lipinski definition) is 4. The highest BCUT2D eigenvalue weighted by molar-refractivity contribution is 6.18. The van der Waals surface area contributed by atoms with Crippen LogP contribution in [0.5, 0.6) is 0 Å². The van der Waals surface area contributed by atoms with Crippen LogP contribution in [0.2, 0.25) is 0 Å². The first-order chi connectivity index (χ1) is 6.60. The quantitative estimate of drug-likeness (QED) is 0.592. The monoisotopic (exact) mass is 218 g/mol. The fourth-order valence-corrected chi connectivity index (χ4v) is 1.26. The molecular formula is C8H11ClN2O3. The number of aryl methyl sites for hydroxylation is 1. The minimum absolute atomic E-state index is 0.00961. The second kappa shape index (κ2) is 4.43. The van der Waals surface area contributed by atoms with E-state index in [9.17, 15) is 9.90 Å². The van der Waals surface area contributed by atoms with Crippen molar-refractivity contribution >= 4 is 17.6 Å². The van der Waals surface area contributed by atoms with Crippen LogP contribution in [-0.4, -0.2) is 33.8 Å². The summed E-state index contributed by atoms with van der Waals surface area (Å²) < 4.78 is 5.94. The van der Waals surface area contributed by atoms with Crippen LogP contribution in [0.3, 0.4) is 0 Å². The summed E-state index contributed by atoms with van der Waals surface area (Å²) in [6.45, 7) is 0. The molecule has 1 aromatic rings. The van der Waals surface area contributed by atoms with Gasteiger partial charge in [-0.05, 0) is 0 Å². The second-order valence-electron chi connectivity index (χ2n) is 2.77. The summed E-state index contributed by atoms with van der Waals surface area (Å²) >= 11 is 5.48. The number of esters is 1. The average Bonchev–Trinajstić information content (AvgIpc) is 2.58. The molecule has 0 aliphatic rings. The Hall–Kier alpha value is -1.07. The molecule has 1 atom stereocenters. The van der Waals surface area contributed by atoms with Gasteiger partial charge >= 0.3 is 5.97 Å². The Balaban J connectivity index is 3.08. The highest BCUT2D eigenvalue weighted by atomic mass is 35.5. The van der Waals surface area contributed by atoms with Gasteiger partial charge in [-0.2, -0.15) is 5.10 Å². The SMILES string of the molecule is COC(=O)c1nn(C)cc1C(O)CCl. The molecule has 0 bridgehead atoms. The molecule has 0 aliphatic carbocycles. The van der Waals surface area contributed by atoms with Gasteiger partial charge in [0.1, 0.15) is 0 Å². The molecule has 78 valence electrons. The summed E-state index contributed by atoms with van der Waals surface area (Å²) in [6.07, 6.45) is 0.638. The molecule has 1 unspecified atom stereocenters. The number of hydrogen-bond donors (Lipinski definition) is 1. The molecule has 1 heterocycles. The summed E-state index contributed by atoms with van der Waals surface area (Å²) in [4.78, 5) is 11.2. The van der Waals surface area contributed by atoms with Crippen LogP contribution in [0.4, 0.5) is 0 Å². The van der Waals surface area contributed by atoms with Gasteiger partial charge in [0.15, 0.2) is 5.69 Å². The Kier molecular flexibility index (Phi) is 3.49. The van der Waals surface area contributed by atoms with E-state index in [1.807, 2.05) is 0 Å². The molecule has 0 fully saturated rings. The molecule has 0 aliphatic heterocycles. The van der Waals surface area contributed by atoms with E-state index in [1.165, 1.54) is 11.8 Å². The predicted molar refractivity (Wildman–Crippen MR) is 50.2 cm³/mol. The molecule has 0 saturated carbocycles. The van der Waals surface area contributed by atoms with Crippen LogP contribution in [0.15, 0.2) is 6.20 Å². The van der Waals surface area contributed by atoms with Gasteiger partial charge in [0.25, 0.3) is 0 Å². The number of nitrogens with zero attached hydrogens (tertiary/aromatic N) is 2. The number of alkyl halides is 1. The maximum atomic E-state index is 11.2. The number of ether oxygens (including phenoxy) is 1. The number of carbonyl (C=O) groups excluding carboxylic acids is 1. The molecule has 14 heavy (non-hydrogen) atoms. The molecule has 6 heteroatoms.